The van der Waals surface area contributed by atoms with E-state index in [0.717, 1.165) is 38.3 Å². The van der Waals surface area contributed by atoms with Crippen LogP contribution in [0.3, 0.4) is 0 Å². The van der Waals surface area contributed by atoms with Crippen molar-refractivity contribution in [3.05, 3.63) is 35.6 Å². The van der Waals surface area contributed by atoms with Crippen LogP contribution < -0.4 is 5.73 Å². The molecule has 2 rings (SSSR count). The Balaban J connectivity index is 1.80. The molecule has 1 aromatic rings. The molecule has 1 aliphatic heterocycles. The van der Waals surface area contributed by atoms with E-state index in [1.54, 1.807) is 12.1 Å². The Kier molecular flexibility index (Phi) is 4.70. The van der Waals surface area contributed by atoms with Gasteiger partial charge in [-0.2, -0.15) is 0 Å². The highest BCUT2D eigenvalue weighted by molar-refractivity contribution is 5.81. The fourth-order valence-corrected chi connectivity index (χ4v) is 2.26. The zero-order valence-corrected chi connectivity index (χ0v) is 10.8. The van der Waals surface area contributed by atoms with Gasteiger partial charge in [0.05, 0.1) is 6.54 Å². The van der Waals surface area contributed by atoms with Gasteiger partial charge in [0.2, 0.25) is 0 Å². The van der Waals surface area contributed by atoms with Crippen molar-refractivity contribution >= 4 is 5.84 Å². The van der Waals surface area contributed by atoms with Gasteiger partial charge in [-0.3, -0.25) is 9.80 Å². The molecule has 1 aromatic carbocycles. The topological polar surface area (TPSA) is 65.1 Å². The first-order valence-corrected chi connectivity index (χ1v) is 6.33. The van der Waals surface area contributed by atoms with E-state index in [1.165, 1.54) is 6.07 Å². The van der Waals surface area contributed by atoms with Crippen molar-refractivity contribution in [1.29, 1.82) is 0 Å². The van der Waals surface area contributed by atoms with E-state index in [9.17, 15) is 4.39 Å². The molecule has 104 valence electrons. The van der Waals surface area contributed by atoms with Crippen molar-refractivity contribution in [2.75, 3.05) is 32.7 Å². The van der Waals surface area contributed by atoms with Crippen molar-refractivity contribution < 1.29 is 9.60 Å². The summed E-state index contributed by atoms with van der Waals surface area (Å²) in [5.41, 5.74) is 6.47. The van der Waals surface area contributed by atoms with Crippen LogP contribution >= 0.6 is 0 Å². The Hall–Kier alpha value is -1.66. The zero-order valence-electron chi connectivity index (χ0n) is 10.8. The van der Waals surface area contributed by atoms with Crippen molar-refractivity contribution in [3.63, 3.8) is 0 Å². The largest absolute Gasteiger partial charge is 0.409 e. The van der Waals surface area contributed by atoms with Crippen LogP contribution in [-0.2, 0) is 6.54 Å². The van der Waals surface area contributed by atoms with E-state index < -0.39 is 0 Å². The van der Waals surface area contributed by atoms with E-state index in [2.05, 4.69) is 15.0 Å². The van der Waals surface area contributed by atoms with E-state index in [-0.39, 0.29) is 11.7 Å². The summed E-state index contributed by atoms with van der Waals surface area (Å²) in [6.07, 6.45) is 0. The molecule has 6 heteroatoms. The Bertz CT molecular complexity index is 444. The first-order valence-electron chi connectivity index (χ1n) is 6.33. The molecule has 19 heavy (non-hydrogen) atoms. The fraction of sp³-hybridized carbons (Fsp3) is 0.462. The highest BCUT2D eigenvalue weighted by Crippen LogP contribution is 2.09. The second-order valence-electron chi connectivity index (χ2n) is 4.77. The van der Waals surface area contributed by atoms with Gasteiger partial charge in [0.25, 0.3) is 0 Å². The molecule has 3 N–H and O–H groups in total. The standard InChI is InChI=1S/C13H19FN4O/c14-12-3-1-2-11(8-12)9-17-4-6-18(7-5-17)10-13(15)16-19/h1-3,8,19H,4-7,9-10H2,(H2,15,16). The number of benzene rings is 1. The first-order chi connectivity index (χ1) is 9.17. The van der Waals surface area contributed by atoms with Crippen LogP contribution in [-0.4, -0.2) is 53.6 Å². The molecule has 1 heterocycles. The smallest absolute Gasteiger partial charge is 0.153 e. The van der Waals surface area contributed by atoms with Crippen LogP contribution in [0.2, 0.25) is 0 Å². The fourth-order valence-electron chi connectivity index (χ4n) is 2.26. The number of nitrogens with two attached hydrogens (primary N) is 1. The molecule has 0 amide bonds. The molecule has 0 radical (unpaired) electrons. The minimum Gasteiger partial charge on any atom is -0.409 e. The van der Waals surface area contributed by atoms with Gasteiger partial charge in [0.15, 0.2) is 5.84 Å². The van der Waals surface area contributed by atoms with Crippen molar-refractivity contribution in [1.82, 2.24) is 9.80 Å². The zero-order chi connectivity index (χ0) is 13.7. The Morgan fingerprint density at radius 3 is 2.58 bits per heavy atom. The summed E-state index contributed by atoms with van der Waals surface area (Å²) in [6, 6.07) is 6.70. The second kappa shape index (κ2) is 6.49. The van der Waals surface area contributed by atoms with Crippen LogP contribution in [0.15, 0.2) is 29.4 Å². The predicted octanol–water partition coefficient (Wildman–Crippen LogP) is 0.690. The van der Waals surface area contributed by atoms with Gasteiger partial charge in [-0.05, 0) is 17.7 Å². The van der Waals surface area contributed by atoms with Gasteiger partial charge in [0.1, 0.15) is 5.82 Å². The summed E-state index contributed by atoms with van der Waals surface area (Å²) in [7, 11) is 0. The van der Waals surface area contributed by atoms with Crippen LogP contribution in [0.1, 0.15) is 5.56 Å². The Labute approximate surface area is 112 Å². The molecule has 0 bridgehead atoms. The molecule has 0 aliphatic carbocycles. The van der Waals surface area contributed by atoms with E-state index in [4.69, 9.17) is 10.9 Å². The van der Waals surface area contributed by atoms with Gasteiger partial charge < -0.3 is 10.9 Å². The van der Waals surface area contributed by atoms with E-state index >= 15 is 0 Å². The number of nitrogens with zero attached hydrogens (tertiary/aromatic N) is 3. The quantitative estimate of drug-likeness (QED) is 0.364. The van der Waals surface area contributed by atoms with Crippen molar-refractivity contribution in [2.24, 2.45) is 10.9 Å². The third-order valence-corrected chi connectivity index (χ3v) is 3.27. The number of hydrogen-bond donors (Lipinski definition) is 2. The van der Waals surface area contributed by atoms with Gasteiger partial charge >= 0.3 is 0 Å². The number of piperazine rings is 1. The Morgan fingerprint density at radius 1 is 1.26 bits per heavy atom. The molecule has 5 nitrogen and oxygen atoms in total. The van der Waals surface area contributed by atoms with Gasteiger partial charge in [-0.25, -0.2) is 4.39 Å². The summed E-state index contributed by atoms with van der Waals surface area (Å²) < 4.78 is 13.1. The second-order valence-corrected chi connectivity index (χ2v) is 4.77. The molecular formula is C13H19FN4O. The molecule has 1 aliphatic rings. The highest BCUT2D eigenvalue weighted by atomic mass is 19.1. The van der Waals surface area contributed by atoms with Crippen LogP contribution in [0.5, 0.6) is 0 Å². The van der Waals surface area contributed by atoms with Gasteiger partial charge in [0, 0.05) is 32.7 Å². The summed E-state index contributed by atoms with van der Waals surface area (Å²) >= 11 is 0. The lowest BCUT2D eigenvalue weighted by Crippen LogP contribution is -2.48. The third-order valence-electron chi connectivity index (χ3n) is 3.27. The van der Waals surface area contributed by atoms with Crippen molar-refractivity contribution in [3.8, 4) is 0 Å². The average molecular weight is 266 g/mol. The maximum absolute atomic E-state index is 13.1. The van der Waals surface area contributed by atoms with E-state index in [1.807, 2.05) is 6.07 Å². The monoisotopic (exact) mass is 266 g/mol. The molecule has 0 unspecified atom stereocenters. The SMILES string of the molecule is NC(CN1CCN(Cc2cccc(F)c2)CC1)=NO. The molecule has 1 saturated heterocycles. The molecule has 1 fully saturated rings. The molecular weight excluding hydrogens is 247 g/mol. The minimum absolute atomic E-state index is 0.192. The predicted molar refractivity (Wildman–Crippen MR) is 71.5 cm³/mol. The molecule has 0 aromatic heterocycles. The summed E-state index contributed by atoms with van der Waals surface area (Å²) in [5, 5.41) is 11.5. The molecule has 0 saturated carbocycles. The molecule has 0 atom stereocenters. The minimum atomic E-state index is -0.192. The van der Waals surface area contributed by atoms with Gasteiger partial charge in [-0.15, -0.1) is 0 Å². The number of rotatable bonds is 4. The van der Waals surface area contributed by atoms with Crippen LogP contribution in [0.4, 0.5) is 4.39 Å². The normalized spacial score (nSPS) is 18.7. The maximum Gasteiger partial charge on any atom is 0.153 e. The first kappa shape index (κ1) is 13.8. The average Bonchev–Trinajstić information content (AvgIpc) is 2.41. The van der Waals surface area contributed by atoms with Crippen LogP contribution in [0, 0.1) is 5.82 Å². The lowest BCUT2D eigenvalue weighted by molar-refractivity contribution is 0.139. The van der Waals surface area contributed by atoms with Crippen LogP contribution in [0.25, 0.3) is 0 Å². The number of amidine groups is 1. The molecule has 0 spiro atoms. The van der Waals surface area contributed by atoms with Gasteiger partial charge in [-0.1, -0.05) is 17.3 Å². The summed E-state index contributed by atoms with van der Waals surface area (Å²) in [6.45, 7) is 4.78. The van der Waals surface area contributed by atoms with Crippen molar-refractivity contribution in [2.45, 2.75) is 6.54 Å². The number of halogens is 1. The van der Waals surface area contributed by atoms with E-state index in [0.29, 0.717) is 6.54 Å². The highest BCUT2D eigenvalue weighted by Gasteiger charge is 2.17. The maximum atomic E-state index is 13.1. The number of oxime groups is 1. The lowest BCUT2D eigenvalue weighted by atomic mass is 10.2. The summed E-state index contributed by atoms with van der Waals surface area (Å²) in [5.74, 6) is 0.0432. The Morgan fingerprint density at radius 2 is 1.95 bits per heavy atom. The summed E-state index contributed by atoms with van der Waals surface area (Å²) in [4.78, 5) is 4.41. The third kappa shape index (κ3) is 4.18. The number of hydrogen-bond acceptors (Lipinski definition) is 4. The lowest BCUT2D eigenvalue weighted by Gasteiger charge is -2.34.